The molecule has 0 atom stereocenters. The number of rotatable bonds is 6. The fourth-order valence-corrected chi connectivity index (χ4v) is 3.73. The molecule has 0 amide bonds. The van der Waals surface area contributed by atoms with Crippen LogP contribution in [0.15, 0.2) is 56.9 Å². The zero-order valence-electron chi connectivity index (χ0n) is 18.7. The average Bonchev–Trinajstić information content (AvgIpc) is 3.26. The molecular formula is C24H21N7O4. The Balaban J connectivity index is 1.43. The highest BCUT2D eigenvalue weighted by molar-refractivity contribution is 5.64. The van der Waals surface area contributed by atoms with Crippen molar-refractivity contribution in [3.05, 3.63) is 80.9 Å². The SMILES string of the molecule is Cc1cc(COc2cccc(-c3cc(=NC4CC4)n4nc/c(=C\c5[nH]c(=O)[nH]c5O)c4n3)c2)no1. The molecule has 1 saturated carbocycles. The van der Waals surface area contributed by atoms with Crippen LogP contribution in [0.2, 0.25) is 0 Å². The minimum atomic E-state index is -0.499. The number of aromatic amines is 2. The van der Waals surface area contributed by atoms with Gasteiger partial charge in [0.25, 0.3) is 0 Å². The van der Waals surface area contributed by atoms with Gasteiger partial charge in [-0.25, -0.2) is 9.78 Å². The summed E-state index contributed by atoms with van der Waals surface area (Å²) in [6.07, 6.45) is 5.33. The maximum absolute atomic E-state index is 11.5. The van der Waals surface area contributed by atoms with E-state index in [0.717, 1.165) is 24.2 Å². The van der Waals surface area contributed by atoms with Gasteiger partial charge in [-0.15, -0.1) is 0 Å². The predicted molar refractivity (Wildman–Crippen MR) is 124 cm³/mol. The molecule has 0 radical (unpaired) electrons. The lowest BCUT2D eigenvalue weighted by molar-refractivity contribution is 0.288. The Hall–Kier alpha value is -4.67. The van der Waals surface area contributed by atoms with Crippen molar-refractivity contribution in [3.8, 4) is 22.9 Å². The summed E-state index contributed by atoms with van der Waals surface area (Å²) < 4.78 is 12.7. The van der Waals surface area contributed by atoms with Crippen LogP contribution >= 0.6 is 0 Å². The molecule has 5 aromatic rings. The van der Waals surface area contributed by atoms with Gasteiger partial charge < -0.3 is 19.4 Å². The number of aryl methyl sites for hydroxylation is 1. The Morgan fingerprint density at radius 1 is 1.29 bits per heavy atom. The van der Waals surface area contributed by atoms with Crippen LogP contribution in [-0.2, 0) is 6.61 Å². The van der Waals surface area contributed by atoms with Crippen molar-refractivity contribution in [1.29, 1.82) is 0 Å². The number of nitrogens with zero attached hydrogens (tertiary/aromatic N) is 5. The average molecular weight is 471 g/mol. The number of benzene rings is 1. The van der Waals surface area contributed by atoms with Gasteiger partial charge in [0.15, 0.2) is 11.1 Å². The molecule has 1 aliphatic rings. The van der Waals surface area contributed by atoms with Crippen molar-refractivity contribution in [3.63, 3.8) is 0 Å². The summed E-state index contributed by atoms with van der Waals surface area (Å²) in [5.41, 5.74) is 3.23. The van der Waals surface area contributed by atoms with Crippen molar-refractivity contribution in [1.82, 2.24) is 29.7 Å². The Kier molecular flexibility index (Phi) is 4.94. The first-order chi connectivity index (χ1) is 17.0. The Morgan fingerprint density at radius 2 is 2.17 bits per heavy atom. The van der Waals surface area contributed by atoms with Crippen molar-refractivity contribution in [2.24, 2.45) is 4.99 Å². The number of hydrogen-bond acceptors (Lipinski definition) is 8. The number of H-pyrrole nitrogens is 2. The molecule has 1 fully saturated rings. The molecule has 4 aromatic heterocycles. The van der Waals surface area contributed by atoms with Crippen molar-refractivity contribution in [2.75, 3.05) is 0 Å². The smallest absolute Gasteiger partial charge is 0.326 e. The van der Waals surface area contributed by atoms with E-state index < -0.39 is 5.69 Å². The molecular weight excluding hydrogens is 450 g/mol. The number of fused-ring (bicyclic) bond motifs is 1. The summed E-state index contributed by atoms with van der Waals surface area (Å²) in [6.45, 7) is 2.12. The Labute approximate surface area is 197 Å². The lowest BCUT2D eigenvalue weighted by Crippen LogP contribution is -2.19. The number of nitrogens with one attached hydrogen (secondary N) is 2. The zero-order valence-corrected chi connectivity index (χ0v) is 18.7. The van der Waals surface area contributed by atoms with Crippen LogP contribution in [0.25, 0.3) is 23.0 Å². The third kappa shape index (κ3) is 4.31. The van der Waals surface area contributed by atoms with E-state index in [4.69, 9.17) is 19.2 Å². The first-order valence-electron chi connectivity index (χ1n) is 11.1. The van der Waals surface area contributed by atoms with E-state index in [2.05, 4.69) is 20.2 Å². The molecule has 6 rings (SSSR count). The summed E-state index contributed by atoms with van der Waals surface area (Å²) in [6, 6.07) is 11.6. The molecule has 35 heavy (non-hydrogen) atoms. The molecule has 176 valence electrons. The zero-order chi connectivity index (χ0) is 23.9. The second kappa shape index (κ2) is 8.28. The number of aromatic hydroxyl groups is 1. The van der Waals surface area contributed by atoms with Crippen LogP contribution in [0.1, 0.15) is 30.0 Å². The minimum absolute atomic E-state index is 0.247. The van der Waals surface area contributed by atoms with Crippen LogP contribution < -0.4 is 21.1 Å². The molecule has 11 heteroatoms. The van der Waals surface area contributed by atoms with Gasteiger partial charge in [0.2, 0.25) is 5.88 Å². The highest BCUT2D eigenvalue weighted by Crippen LogP contribution is 2.24. The molecule has 1 aromatic carbocycles. The number of imidazole rings is 1. The topological polar surface area (TPSA) is 147 Å². The molecule has 0 bridgehead atoms. The van der Waals surface area contributed by atoms with Gasteiger partial charge in [0, 0.05) is 22.9 Å². The maximum atomic E-state index is 11.5. The van der Waals surface area contributed by atoms with Crippen molar-refractivity contribution in [2.45, 2.75) is 32.4 Å². The molecule has 0 spiro atoms. The van der Waals surface area contributed by atoms with Crippen LogP contribution in [0, 0.1) is 6.92 Å². The Morgan fingerprint density at radius 3 is 2.91 bits per heavy atom. The molecule has 0 aliphatic heterocycles. The quantitative estimate of drug-likeness (QED) is 0.341. The highest BCUT2D eigenvalue weighted by atomic mass is 16.5. The summed E-state index contributed by atoms with van der Waals surface area (Å²) in [5, 5.41) is 19.0. The van der Waals surface area contributed by atoms with E-state index in [1.807, 2.05) is 43.3 Å². The van der Waals surface area contributed by atoms with Crippen LogP contribution in [0.3, 0.4) is 0 Å². The first kappa shape index (κ1) is 20.9. The molecule has 4 heterocycles. The van der Waals surface area contributed by atoms with Gasteiger partial charge in [-0.3, -0.25) is 9.98 Å². The summed E-state index contributed by atoms with van der Waals surface area (Å²) >= 11 is 0. The minimum Gasteiger partial charge on any atom is -0.493 e. The van der Waals surface area contributed by atoms with Crippen molar-refractivity contribution >= 4 is 11.7 Å². The number of ether oxygens (including phenoxy) is 1. The monoisotopic (exact) mass is 471 g/mol. The van der Waals surface area contributed by atoms with E-state index in [0.29, 0.717) is 33.5 Å². The maximum Gasteiger partial charge on any atom is 0.326 e. The number of hydrogen-bond donors (Lipinski definition) is 3. The van der Waals surface area contributed by atoms with E-state index in [9.17, 15) is 9.90 Å². The van der Waals surface area contributed by atoms with Gasteiger partial charge in [-0.2, -0.15) is 9.61 Å². The van der Waals surface area contributed by atoms with E-state index in [-0.39, 0.29) is 24.2 Å². The normalized spacial score (nSPS) is 14.8. The van der Waals surface area contributed by atoms with E-state index in [1.54, 1.807) is 16.8 Å². The summed E-state index contributed by atoms with van der Waals surface area (Å²) in [7, 11) is 0. The van der Waals surface area contributed by atoms with E-state index in [1.165, 1.54) is 0 Å². The largest absolute Gasteiger partial charge is 0.493 e. The van der Waals surface area contributed by atoms with Crippen LogP contribution in [0.5, 0.6) is 11.6 Å². The number of aromatic nitrogens is 6. The van der Waals surface area contributed by atoms with Crippen molar-refractivity contribution < 1.29 is 14.4 Å². The van der Waals surface area contributed by atoms with Gasteiger partial charge in [0.1, 0.15) is 29.5 Å². The fraction of sp³-hybridized carbons (Fsp3) is 0.208. The van der Waals surface area contributed by atoms with Gasteiger partial charge in [-0.1, -0.05) is 17.3 Å². The van der Waals surface area contributed by atoms with Gasteiger partial charge in [-0.05, 0) is 38.0 Å². The second-order valence-corrected chi connectivity index (χ2v) is 8.43. The third-order valence-corrected chi connectivity index (χ3v) is 5.57. The summed E-state index contributed by atoms with van der Waals surface area (Å²) in [5.74, 6) is 1.15. The lowest BCUT2D eigenvalue weighted by atomic mass is 10.1. The second-order valence-electron chi connectivity index (χ2n) is 8.43. The molecule has 11 nitrogen and oxygen atoms in total. The molecule has 0 unspecified atom stereocenters. The van der Waals surface area contributed by atoms with Crippen LogP contribution in [-0.4, -0.2) is 40.9 Å². The highest BCUT2D eigenvalue weighted by Gasteiger charge is 2.20. The van der Waals surface area contributed by atoms with Crippen LogP contribution in [0.4, 0.5) is 0 Å². The first-order valence-corrected chi connectivity index (χ1v) is 11.1. The third-order valence-electron chi connectivity index (χ3n) is 5.57. The molecule has 3 N–H and O–H groups in total. The molecule has 1 aliphatic carbocycles. The predicted octanol–water partition coefficient (Wildman–Crippen LogP) is 1.60. The summed E-state index contributed by atoms with van der Waals surface area (Å²) in [4.78, 5) is 26.0. The van der Waals surface area contributed by atoms with Gasteiger partial charge in [0.05, 0.1) is 17.9 Å². The standard InChI is InChI=1S/C24H21N7O4/c1-13-7-17(30-35-13)12-34-18-4-2-3-14(8-18)19-10-21(26-16-5-6-16)31-22(27-19)15(11-25-31)9-20-23(32)29-24(33)28-20/h2-4,7-11,16,32H,5-6,12H2,1H3,(H2,28,29,33)/b15-9+,26-21?. The fourth-order valence-electron chi connectivity index (χ4n) is 3.73. The van der Waals surface area contributed by atoms with Gasteiger partial charge >= 0.3 is 5.69 Å². The Bertz CT molecular complexity index is 1720. The van der Waals surface area contributed by atoms with E-state index >= 15 is 0 Å². The lowest BCUT2D eigenvalue weighted by Gasteiger charge is -2.07. The molecule has 0 saturated heterocycles.